The molecule has 1 N–H and O–H groups in total. The number of ether oxygens (including phenoxy) is 1. The lowest BCUT2D eigenvalue weighted by molar-refractivity contribution is 0.415. The molecule has 21 heavy (non-hydrogen) atoms. The highest BCUT2D eigenvalue weighted by atomic mass is 32.2. The highest BCUT2D eigenvalue weighted by Crippen LogP contribution is 2.27. The van der Waals surface area contributed by atoms with Gasteiger partial charge in [0.1, 0.15) is 11.3 Å². The van der Waals surface area contributed by atoms with E-state index in [9.17, 15) is 0 Å². The topological polar surface area (TPSA) is 59.9 Å². The van der Waals surface area contributed by atoms with Crippen LogP contribution in [-0.2, 0) is 5.75 Å². The normalized spacial score (nSPS) is 10.5. The number of aromatic nitrogens is 3. The molecule has 0 unspecified atom stereocenters. The van der Waals surface area contributed by atoms with Crippen LogP contribution in [0.1, 0.15) is 5.69 Å². The Labute approximate surface area is 134 Å². The van der Waals surface area contributed by atoms with Gasteiger partial charge in [0.15, 0.2) is 9.47 Å². The fourth-order valence-corrected chi connectivity index (χ4v) is 3.81. The van der Waals surface area contributed by atoms with Gasteiger partial charge in [0.05, 0.1) is 12.8 Å². The molecule has 0 aliphatic heterocycles. The molecule has 3 rings (SSSR count). The molecule has 5 nitrogen and oxygen atoms in total. The van der Waals surface area contributed by atoms with Crippen LogP contribution in [0.25, 0.3) is 0 Å². The Balaban J connectivity index is 1.59. The Morgan fingerprint density at radius 2 is 2.10 bits per heavy atom. The zero-order valence-corrected chi connectivity index (χ0v) is 13.6. The van der Waals surface area contributed by atoms with Gasteiger partial charge in [-0.15, -0.1) is 21.5 Å². The molecule has 8 heteroatoms. The molecule has 0 spiro atoms. The fraction of sp³-hybridized carbons (Fsp3) is 0.154. The number of benzene rings is 1. The first-order valence-corrected chi connectivity index (χ1v) is 8.82. The predicted octanol–water partition coefficient (Wildman–Crippen LogP) is 4.04. The summed E-state index contributed by atoms with van der Waals surface area (Å²) in [5.74, 6) is 1.64. The summed E-state index contributed by atoms with van der Waals surface area (Å²) in [6.45, 7) is 0. The molecule has 2 aromatic heterocycles. The van der Waals surface area contributed by atoms with Gasteiger partial charge in [-0.05, 0) is 24.3 Å². The first-order valence-electron chi connectivity index (χ1n) is 6.08. The molecule has 108 valence electrons. The molecule has 2 heterocycles. The van der Waals surface area contributed by atoms with Crippen molar-refractivity contribution in [2.75, 3.05) is 12.4 Å². The summed E-state index contributed by atoms with van der Waals surface area (Å²) in [6, 6.07) is 7.77. The number of rotatable bonds is 6. The Hall–Kier alpha value is -1.64. The minimum Gasteiger partial charge on any atom is -0.497 e. The maximum atomic E-state index is 5.14. The number of methoxy groups -OCH3 is 1. The Morgan fingerprint density at radius 3 is 2.81 bits per heavy atom. The summed E-state index contributed by atoms with van der Waals surface area (Å²) >= 11 is 4.79. The largest absolute Gasteiger partial charge is 0.497 e. The van der Waals surface area contributed by atoms with Gasteiger partial charge < -0.3 is 10.1 Å². The van der Waals surface area contributed by atoms with Crippen LogP contribution in [0.4, 0.5) is 10.8 Å². The van der Waals surface area contributed by atoms with Crippen LogP contribution in [0.5, 0.6) is 5.75 Å². The molecule has 3 aromatic rings. The van der Waals surface area contributed by atoms with Crippen LogP contribution in [-0.4, -0.2) is 22.3 Å². The van der Waals surface area contributed by atoms with E-state index in [1.54, 1.807) is 47.1 Å². The number of anilines is 2. The first-order chi connectivity index (χ1) is 10.3. The van der Waals surface area contributed by atoms with Gasteiger partial charge in [-0.2, -0.15) is 0 Å². The van der Waals surface area contributed by atoms with Crippen molar-refractivity contribution in [1.82, 2.24) is 15.2 Å². The molecule has 0 bridgehead atoms. The van der Waals surface area contributed by atoms with E-state index in [0.717, 1.165) is 32.4 Å². The number of thiazole rings is 1. The molecule has 1 aromatic carbocycles. The van der Waals surface area contributed by atoms with Crippen molar-refractivity contribution < 1.29 is 4.74 Å². The number of nitrogens with one attached hydrogen (secondary N) is 1. The molecular weight excluding hydrogens is 324 g/mol. The van der Waals surface area contributed by atoms with E-state index in [0.29, 0.717) is 0 Å². The third-order valence-electron chi connectivity index (χ3n) is 2.58. The van der Waals surface area contributed by atoms with Gasteiger partial charge >= 0.3 is 0 Å². The quantitative estimate of drug-likeness (QED) is 0.686. The number of nitrogens with zero attached hydrogens (tertiary/aromatic N) is 3. The highest BCUT2D eigenvalue weighted by molar-refractivity contribution is 8.00. The zero-order valence-electron chi connectivity index (χ0n) is 11.1. The van der Waals surface area contributed by atoms with Crippen molar-refractivity contribution in [2.45, 2.75) is 10.1 Å². The van der Waals surface area contributed by atoms with Crippen molar-refractivity contribution in [3.8, 4) is 5.75 Å². The van der Waals surface area contributed by atoms with Gasteiger partial charge in [0, 0.05) is 16.8 Å². The maximum Gasteiger partial charge on any atom is 0.187 e. The molecule has 0 saturated carbocycles. The maximum absolute atomic E-state index is 5.14. The smallest absolute Gasteiger partial charge is 0.187 e. The molecule has 0 fully saturated rings. The minimum absolute atomic E-state index is 0.802. The summed E-state index contributed by atoms with van der Waals surface area (Å²) in [4.78, 5) is 4.56. The monoisotopic (exact) mass is 336 g/mol. The standard InChI is InChI=1S/C13H12N4OS3/c1-18-11-4-2-9(3-5-11)15-12-16-10(6-19-12)7-20-13-17-14-8-21-13/h2-6,8H,7H2,1H3,(H,15,16). The molecule has 0 atom stereocenters. The number of thioether (sulfide) groups is 1. The zero-order chi connectivity index (χ0) is 14.5. The Kier molecular flexibility index (Phi) is 4.69. The van der Waals surface area contributed by atoms with E-state index in [4.69, 9.17) is 4.74 Å². The third kappa shape index (κ3) is 3.93. The van der Waals surface area contributed by atoms with E-state index in [-0.39, 0.29) is 0 Å². The van der Waals surface area contributed by atoms with Gasteiger partial charge in [-0.1, -0.05) is 23.1 Å². The predicted molar refractivity (Wildman–Crippen MR) is 87.9 cm³/mol. The van der Waals surface area contributed by atoms with Crippen molar-refractivity contribution >= 4 is 45.3 Å². The average molecular weight is 336 g/mol. The van der Waals surface area contributed by atoms with Gasteiger partial charge in [0.25, 0.3) is 0 Å². The van der Waals surface area contributed by atoms with E-state index >= 15 is 0 Å². The summed E-state index contributed by atoms with van der Waals surface area (Å²) in [7, 11) is 1.66. The second-order valence-electron chi connectivity index (χ2n) is 3.99. The summed E-state index contributed by atoms with van der Waals surface area (Å²) in [5.41, 5.74) is 3.77. The Bertz CT molecular complexity index is 682. The van der Waals surface area contributed by atoms with Crippen LogP contribution < -0.4 is 10.1 Å². The number of hydrogen-bond acceptors (Lipinski definition) is 8. The average Bonchev–Trinajstić information content (AvgIpc) is 3.17. The highest BCUT2D eigenvalue weighted by Gasteiger charge is 2.05. The van der Waals surface area contributed by atoms with E-state index < -0.39 is 0 Å². The first kappa shape index (κ1) is 14.3. The van der Waals surface area contributed by atoms with Crippen molar-refractivity contribution in [3.63, 3.8) is 0 Å². The van der Waals surface area contributed by atoms with Crippen LogP contribution in [0.15, 0.2) is 39.5 Å². The third-order valence-corrected chi connectivity index (χ3v) is 5.28. The van der Waals surface area contributed by atoms with Crippen molar-refractivity contribution in [3.05, 3.63) is 40.8 Å². The molecule has 0 aliphatic rings. The van der Waals surface area contributed by atoms with E-state index in [1.165, 1.54) is 0 Å². The van der Waals surface area contributed by atoms with Crippen LogP contribution in [0.2, 0.25) is 0 Å². The van der Waals surface area contributed by atoms with E-state index in [2.05, 4.69) is 25.9 Å². The van der Waals surface area contributed by atoms with Gasteiger partial charge in [-0.3, -0.25) is 0 Å². The summed E-state index contributed by atoms with van der Waals surface area (Å²) in [5, 5.41) is 14.0. The van der Waals surface area contributed by atoms with Crippen LogP contribution >= 0.6 is 34.4 Å². The molecule has 0 aliphatic carbocycles. The lowest BCUT2D eigenvalue weighted by Gasteiger charge is -2.03. The molecular formula is C13H12N4OS3. The Morgan fingerprint density at radius 1 is 1.24 bits per heavy atom. The lowest BCUT2D eigenvalue weighted by Crippen LogP contribution is -1.90. The molecule has 0 radical (unpaired) electrons. The van der Waals surface area contributed by atoms with E-state index in [1.807, 2.05) is 24.3 Å². The summed E-state index contributed by atoms with van der Waals surface area (Å²) < 4.78 is 6.10. The van der Waals surface area contributed by atoms with Crippen molar-refractivity contribution in [1.29, 1.82) is 0 Å². The van der Waals surface area contributed by atoms with Crippen LogP contribution in [0.3, 0.4) is 0 Å². The fourth-order valence-electron chi connectivity index (χ4n) is 1.59. The molecule has 0 amide bonds. The van der Waals surface area contributed by atoms with Gasteiger partial charge in [-0.25, -0.2) is 4.98 Å². The second-order valence-corrected chi connectivity index (χ2v) is 6.90. The second kappa shape index (κ2) is 6.88. The lowest BCUT2D eigenvalue weighted by atomic mass is 10.3. The SMILES string of the molecule is COc1ccc(Nc2nc(CSc3nncs3)cs2)cc1. The molecule has 0 saturated heterocycles. The van der Waals surface area contributed by atoms with Crippen molar-refractivity contribution in [2.24, 2.45) is 0 Å². The van der Waals surface area contributed by atoms with Gasteiger partial charge in [0.2, 0.25) is 0 Å². The van der Waals surface area contributed by atoms with Crippen LogP contribution in [0, 0.1) is 0 Å². The minimum atomic E-state index is 0.802. The summed E-state index contributed by atoms with van der Waals surface area (Å²) in [6.07, 6.45) is 0. The number of hydrogen-bond donors (Lipinski definition) is 1.